The quantitative estimate of drug-likeness (QED) is 0.918. The fourth-order valence-corrected chi connectivity index (χ4v) is 3.04. The zero-order chi connectivity index (χ0) is 17.3. The summed E-state index contributed by atoms with van der Waals surface area (Å²) < 4.78 is 0. The molecule has 0 aliphatic carbocycles. The monoisotopic (exact) mass is 328 g/mol. The largest absolute Gasteiger partial charge is 0.385 e. The molecule has 1 saturated heterocycles. The van der Waals surface area contributed by atoms with Crippen LogP contribution in [0.2, 0.25) is 0 Å². The fourth-order valence-electron chi connectivity index (χ4n) is 3.04. The molecule has 7 nitrogen and oxygen atoms in total. The maximum atomic E-state index is 9.67. The second-order valence-electron chi connectivity index (χ2n) is 6.39. The molecule has 0 radical (unpaired) electrons. The van der Waals surface area contributed by atoms with Crippen molar-refractivity contribution in [2.45, 2.75) is 39.8 Å². The van der Waals surface area contributed by atoms with Gasteiger partial charge in [-0.25, -0.2) is 19.9 Å². The lowest BCUT2D eigenvalue weighted by molar-refractivity contribution is 0.189. The van der Waals surface area contributed by atoms with Gasteiger partial charge in [-0.05, 0) is 39.8 Å². The van der Waals surface area contributed by atoms with Crippen molar-refractivity contribution in [3.05, 3.63) is 35.5 Å². The number of rotatable bonds is 3. The molecule has 0 saturated carbocycles. The van der Waals surface area contributed by atoms with Crippen LogP contribution in [0.3, 0.4) is 0 Å². The van der Waals surface area contributed by atoms with Crippen molar-refractivity contribution < 1.29 is 5.11 Å². The van der Waals surface area contributed by atoms with E-state index in [4.69, 9.17) is 0 Å². The Morgan fingerprint density at radius 2 is 1.88 bits per heavy atom. The third kappa shape index (κ3) is 3.46. The molecule has 1 N–H and O–H groups in total. The van der Waals surface area contributed by atoms with Crippen LogP contribution in [0.25, 0.3) is 0 Å². The van der Waals surface area contributed by atoms with Gasteiger partial charge in [0.05, 0.1) is 0 Å². The molecule has 2 unspecified atom stereocenters. The Morgan fingerprint density at radius 3 is 2.50 bits per heavy atom. The van der Waals surface area contributed by atoms with Gasteiger partial charge in [-0.2, -0.15) is 0 Å². The SMILES string of the molecule is Cc1cc(C)nc(N2CCN(c3ccnc(C(C)O)n3)CC2C)n1. The van der Waals surface area contributed by atoms with Gasteiger partial charge in [-0.3, -0.25) is 0 Å². The molecule has 0 spiro atoms. The average molecular weight is 328 g/mol. The first kappa shape index (κ1) is 16.6. The van der Waals surface area contributed by atoms with Crippen LogP contribution in [0.15, 0.2) is 18.3 Å². The van der Waals surface area contributed by atoms with Crippen LogP contribution in [0.5, 0.6) is 0 Å². The van der Waals surface area contributed by atoms with E-state index >= 15 is 0 Å². The van der Waals surface area contributed by atoms with E-state index < -0.39 is 6.10 Å². The zero-order valence-electron chi connectivity index (χ0n) is 14.6. The molecule has 7 heteroatoms. The van der Waals surface area contributed by atoms with E-state index in [-0.39, 0.29) is 6.04 Å². The Balaban J connectivity index is 1.76. The highest BCUT2D eigenvalue weighted by atomic mass is 16.3. The van der Waals surface area contributed by atoms with Gasteiger partial charge in [0.15, 0.2) is 5.82 Å². The standard InChI is InChI=1S/C17H24N6O/c1-11-9-12(2)20-17(19-11)23-8-7-22(10-13(23)3)15-5-6-18-16(21-15)14(4)24/h5-6,9,13-14,24H,7-8,10H2,1-4H3. The summed E-state index contributed by atoms with van der Waals surface area (Å²) in [4.78, 5) is 22.2. The Bertz CT molecular complexity index is 700. The third-order valence-electron chi connectivity index (χ3n) is 4.21. The molecule has 1 aliphatic rings. The summed E-state index contributed by atoms with van der Waals surface area (Å²) in [6, 6.07) is 4.15. The highest BCUT2D eigenvalue weighted by Crippen LogP contribution is 2.21. The molecule has 0 aromatic carbocycles. The Hall–Kier alpha value is -2.28. The maximum Gasteiger partial charge on any atom is 0.226 e. The summed E-state index contributed by atoms with van der Waals surface area (Å²) in [5, 5.41) is 9.67. The predicted octanol–water partition coefficient (Wildman–Crippen LogP) is 1.65. The molecule has 24 heavy (non-hydrogen) atoms. The highest BCUT2D eigenvalue weighted by Gasteiger charge is 2.27. The second kappa shape index (κ2) is 6.68. The van der Waals surface area contributed by atoms with E-state index in [9.17, 15) is 5.11 Å². The number of aliphatic hydroxyl groups is 1. The molecule has 2 aromatic heterocycles. The van der Waals surface area contributed by atoms with Crippen LogP contribution in [-0.2, 0) is 0 Å². The lowest BCUT2D eigenvalue weighted by Gasteiger charge is -2.40. The molecule has 1 fully saturated rings. The third-order valence-corrected chi connectivity index (χ3v) is 4.21. The minimum atomic E-state index is -0.660. The molecular weight excluding hydrogens is 304 g/mol. The van der Waals surface area contributed by atoms with Crippen molar-refractivity contribution in [1.82, 2.24) is 19.9 Å². The van der Waals surface area contributed by atoms with Crippen molar-refractivity contribution in [1.29, 1.82) is 0 Å². The first-order valence-corrected chi connectivity index (χ1v) is 8.29. The summed E-state index contributed by atoms with van der Waals surface area (Å²) in [5.74, 6) is 2.11. The first-order chi connectivity index (χ1) is 11.4. The first-order valence-electron chi connectivity index (χ1n) is 8.29. The van der Waals surface area contributed by atoms with Gasteiger partial charge in [0, 0.05) is 43.3 Å². The number of anilines is 2. The summed E-state index contributed by atoms with van der Waals surface area (Å²) in [6.45, 7) is 10.3. The van der Waals surface area contributed by atoms with Gasteiger partial charge < -0.3 is 14.9 Å². The molecule has 0 amide bonds. The number of aliphatic hydroxyl groups excluding tert-OH is 1. The molecule has 3 rings (SSSR count). The van der Waals surface area contributed by atoms with Gasteiger partial charge in [-0.15, -0.1) is 0 Å². The smallest absolute Gasteiger partial charge is 0.226 e. The lowest BCUT2D eigenvalue weighted by atomic mass is 10.2. The number of hydrogen-bond donors (Lipinski definition) is 1. The van der Waals surface area contributed by atoms with Crippen LogP contribution in [0.4, 0.5) is 11.8 Å². The molecule has 1 aliphatic heterocycles. The van der Waals surface area contributed by atoms with Crippen molar-refractivity contribution in [2.24, 2.45) is 0 Å². The van der Waals surface area contributed by atoms with E-state index in [0.29, 0.717) is 5.82 Å². The molecule has 3 heterocycles. The van der Waals surface area contributed by atoms with Crippen LogP contribution in [0.1, 0.15) is 37.2 Å². The van der Waals surface area contributed by atoms with E-state index in [1.54, 1.807) is 13.1 Å². The highest BCUT2D eigenvalue weighted by molar-refractivity contribution is 5.43. The van der Waals surface area contributed by atoms with Crippen molar-refractivity contribution >= 4 is 11.8 Å². The van der Waals surface area contributed by atoms with Crippen molar-refractivity contribution in [3.8, 4) is 0 Å². The number of nitrogens with zero attached hydrogens (tertiary/aromatic N) is 6. The Morgan fingerprint density at radius 1 is 1.17 bits per heavy atom. The van der Waals surface area contributed by atoms with Crippen molar-refractivity contribution in [3.63, 3.8) is 0 Å². The number of aromatic nitrogens is 4. The van der Waals surface area contributed by atoms with E-state index in [1.807, 2.05) is 26.0 Å². The molecule has 2 aromatic rings. The van der Waals surface area contributed by atoms with E-state index in [1.165, 1.54) is 0 Å². The topological polar surface area (TPSA) is 78.3 Å². The van der Waals surface area contributed by atoms with Gasteiger partial charge in [0.1, 0.15) is 11.9 Å². The zero-order valence-corrected chi connectivity index (χ0v) is 14.6. The fraction of sp³-hybridized carbons (Fsp3) is 0.529. The van der Waals surface area contributed by atoms with Gasteiger partial charge in [0.25, 0.3) is 0 Å². The van der Waals surface area contributed by atoms with Crippen LogP contribution >= 0.6 is 0 Å². The predicted molar refractivity (Wildman–Crippen MR) is 93.2 cm³/mol. The molecule has 128 valence electrons. The Labute approximate surface area is 142 Å². The summed E-state index contributed by atoms with van der Waals surface area (Å²) in [5.41, 5.74) is 1.98. The average Bonchev–Trinajstić information content (AvgIpc) is 2.54. The number of piperazine rings is 1. The molecule has 0 bridgehead atoms. The number of hydrogen-bond acceptors (Lipinski definition) is 7. The van der Waals surface area contributed by atoms with Crippen LogP contribution in [-0.4, -0.2) is 50.7 Å². The summed E-state index contributed by atoms with van der Waals surface area (Å²) in [7, 11) is 0. The normalized spacial score (nSPS) is 19.5. The van der Waals surface area contributed by atoms with Crippen LogP contribution < -0.4 is 9.80 Å². The van der Waals surface area contributed by atoms with Gasteiger partial charge >= 0.3 is 0 Å². The minimum Gasteiger partial charge on any atom is -0.385 e. The Kier molecular flexibility index (Phi) is 4.62. The molecular formula is C17H24N6O. The molecule has 2 atom stereocenters. The van der Waals surface area contributed by atoms with Crippen molar-refractivity contribution in [2.75, 3.05) is 29.4 Å². The van der Waals surface area contributed by atoms with Crippen LogP contribution in [0, 0.1) is 13.8 Å². The summed E-state index contributed by atoms with van der Waals surface area (Å²) >= 11 is 0. The minimum absolute atomic E-state index is 0.268. The maximum absolute atomic E-state index is 9.67. The van der Waals surface area contributed by atoms with Gasteiger partial charge in [-0.1, -0.05) is 0 Å². The lowest BCUT2D eigenvalue weighted by Crippen LogP contribution is -2.53. The van der Waals surface area contributed by atoms with E-state index in [0.717, 1.165) is 42.8 Å². The van der Waals surface area contributed by atoms with Gasteiger partial charge in [0.2, 0.25) is 5.95 Å². The second-order valence-corrected chi connectivity index (χ2v) is 6.39. The summed E-state index contributed by atoms with van der Waals surface area (Å²) in [6.07, 6.45) is 1.04. The van der Waals surface area contributed by atoms with E-state index in [2.05, 4.69) is 36.7 Å². The number of aryl methyl sites for hydroxylation is 2.